The fourth-order valence-electron chi connectivity index (χ4n) is 2.50. The Balaban J connectivity index is 1.98. The third kappa shape index (κ3) is 3.67. The molecule has 0 heterocycles. The fraction of sp³-hybridized carbons (Fsp3) is 0.571. The Morgan fingerprint density at radius 1 is 1.28 bits per heavy atom. The zero-order valence-corrected chi connectivity index (χ0v) is 10.5. The average molecular weight is 255 g/mol. The molecule has 18 heavy (non-hydrogen) atoms. The summed E-state index contributed by atoms with van der Waals surface area (Å²) >= 11 is 0. The van der Waals surface area contributed by atoms with Crippen molar-refractivity contribution in [2.24, 2.45) is 0 Å². The first kappa shape index (κ1) is 13.3. The second kappa shape index (κ2) is 6.14. The van der Waals surface area contributed by atoms with Crippen LogP contribution in [0.4, 0.5) is 8.78 Å². The van der Waals surface area contributed by atoms with Crippen LogP contribution < -0.4 is 10.1 Å². The molecule has 1 aromatic carbocycles. The van der Waals surface area contributed by atoms with Crippen molar-refractivity contribution in [2.75, 3.05) is 0 Å². The molecule has 1 saturated carbocycles. The van der Waals surface area contributed by atoms with E-state index in [0.717, 1.165) is 5.56 Å². The predicted molar refractivity (Wildman–Crippen MR) is 66.9 cm³/mol. The molecule has 0 aromatic heterocycles. The quantitative estimate of drug-likeness (QED) is 0.862. The first-order valence-corrected chi connectivity index (χ1v) is 6.46. The standard InChI is InChI=1S/C14H19F2NO/c1-10(17-12-6-2-3-7-12)11-5-4-8-13(9-11)18-14(15)16/h4-5,8-10,12,14,17H,2-3,6-7H2,1H3. The predicted octanol–water partition coefficient (Wildman–Crippen LogP) is 3.88. The van der Waals surface area contributed by atoms with Crippen LogP contribution >= 0.6 is 0 Å². The minimum absolute atomic E-state index is 0.161. The largest absolute Gasteiger partial charge is 0.435 e. The molecule has 100 valence electrons. The summed E-state index contributed by atoms with van der Waals surface area (Å²) in [5, 5.41) is 3.53. The minimum atomic E-state index is -2.77. The van der Waals surface area contributed by atoms with Gasteiger partial charge in [-0.15, -0.1) is 0 Å². The topological polar surface area (TPSA) is 21.3 Å². The summed E-state index contributed by atoms with van der Waals surface area (Å²) in [5.74, 6) is 0.225. The van der Waals surface area contributed by atoms with Crippen molar-refractivity contribution in [3.05, 3.63) is 29.8 Å². The van der Waals surface area contributed by atoms with Crippen LogP contribution in [0.15, 0.2) is 24.3 Å². The van der Waals surface area contributed by atoms with Gasteiger partial charge in [0.25, 0.3) is 0 Å². The van der Waals surface area contributed by atoms with Gasteiger partial charge in [0.1, 0.15) is 5.75 Å². The second-order valence-electron chi connectivity index (χ2n) is 4.82. The Kier molecular flexibility index (Phi) is 4.53. The Labute approximate surface area is 106 Å². The number of alkyl halides is 2. The van der Waals surface area contributed by atoms with Gasteiger partial charge < -0.3 is 10.1 Å². The van der Waals surface area contributed by atoms with Crippen molar-refractivity contribution < 1.29 is 13.5 Å². The summed E-state index contributed by atoms with van der Waals surface area (Å²) in [6, 6.07) is 7.63. The van der Waals surface area contributed by atoms with Crippen LogP contribution in [0.25, 0.3) is 0 Å². The molecule has 2 nitrogen and oxygen atoms in total. The summed E-state index contributed by atoms with van der Waals surface area (Å²) in [7, 11) is 0. The molecule has 0 radical (unpaired) electrons. The maximum absolute atomic E-state index is 12.1. The zero-order chi connectivity index (χ0) is 13.0. The summed E-state index contributed by atoms with van der Waals surface area (Å²) in [6.45, 7) is -0.710. The van der Waals surface area contributed by atoms with Gasteiger partial charge in [-0.3, -0.25) is 0 Å². The number of nitrogens with one attached hydrogen (secondary N) is 1. The zero-order valence-electron chi connectivity index (χ0n) is 10.5. The lowest BCUT2D eigenvalue weighted by molar-refractivity contribution is -0.0499. The van der Waals surface area contributed by atoms with E-state index in [1.54, 1.807) is 18.2 Å². The van der Waals surface area contributed by atoms with Gasteiger partial charge in [0, 0.05) is 12.1 Å². The molecular formula is C14H19F2NO. The average Bonchev–Trinajstić information content (AvgIpc) is 2.81. The smallest absolute Gasteiger partial charge is 0.387 e. The first-order chi connectivity index (χ1) is 8.65. The Bertz CT molecular complexity index is 378. The highest BCUT2D eigenvalue weighted by molar-refractivity contribution is 5.30. The Morgan fingerprint density at radius 2 is 2.00 bits per heavy atom. The van der Waals surface area contributed by atoms with E-state index in [1.165, 1.54) is 25.7 Å². The SMILES string of the molecule is CC(NC1CCCC1)c1cccc(OC(F)F)c1. The van der Waals surface area contributed by atoms with Crippen LogP contribution in [0, 0.1) is 0 Å². The second-order valence-corrected chi connectivity index (χ2v) is 4.82. The third-order valence-corrected chi connectivity index (χ3v) is 3.42. The van der Waals surface area contributed by atoms with Gasteiger partial charge in [-0.2, -0.15) is 8.78 Å². The highest BCUT2D eigenvalue weighted by Crippen LogP contribution is 2.24. The maximum atomic E-state index is 12.1. The van der Waals surface area contributed by atoms with E-state index in [1.807, 2.05) is 6.07 Å². The monoisotopic (exact) mass is 255 g/mol. The van der Waals surface area contributed by atoms with Crippen molar-refractivity contribution in [3.8, 4) is 5.75 Å². The van der Waals surface area contributed by atoms with E-state index in [-0.39, 0.29) is 11.8 Å². The van der Waals surface area contributed by atoms with Crippen molar-refractivity contribution in [2.45, 2.75) is 51.3 Å². The van der Waals surface area contributed by atoms with Crippen LogP contribution in [0.3, 0.4) is 0 Å². The number of halogens is 2. The molecule has 1 N–H and O–H groups in total. The van der Waals surface area contributed by atoms with Crippen molar-refractivity contribution in [3.63, 3.8) is 0 Å². The van der Waals surface area contributed by atoms with Gasteiger partial charge in [-0.25, -0.2) is 0 Å². The van der Waals surface area contributed by atoms with Gasteiger partial charge >= 0.3 is 6.61 Å². The van der Waals surface area contributed by atoms with Crippen LogP contribution in [-0.2, 0) is 0 Å². The lowest BCUT2D eigenvalue weighted by atomic mass is 10.1. The van der Waals surface area contributed by atoms with Crippen LogP contribution in [-0.4, -0.2) is 12.7 Å². The number of benzene rings is 1. The minimum Gasteiger partial charge on any atom is -0.435 e. The first-order valence-electron chi connectivity index (χ1n) is 6.46. The van der Waals surface area contributed by atoms with E-state index < -0.39 is 6.61 Å². The number of ether oxygens (including phenoxy) is 1. The maximum Gasteiger partial charge on any atom is 0.387 e. The fourth-order valence-corrected chi connectivity index (χ4v) is 2.50. The molecule has 2 rings (SSSR count). The molecule has 4 heteroatoms. The van der Waals surface area contributed by atoms with Gasteiger partial charge in [-0.1, -0.05) is 25.0 Å². The van der Waals surface area contributed by atoms with Crippen molar-refractivity contribution in [1.29, 1.82) is 0 Å². The van der Waals surface area contributed by atoms with Crippen molar-refractivity contribution in [1.82, 2.24) is 5.32 Å². The van der Waals surface area contributed by atoms with Crippen molar-refractivity contribution >= 4 is 0 Å². The summed E-state index contributed by atoms with van der Waals surface area (Å²) in [4.78, 5) is 0. The molecule has 1 fully saturated rings. The Hall–Kier alpha value is -1.16. The lowest BCUT2D eigenvalue weighted by Gasteiger charge is -2.20. The van der Waals surface area contributed by atoms with E-state index in [2.05, 4.69) is 17.0 Å². The van der Waals surface area contributed by atoms with Crippen LogP contribution in [0.5, 0.6) is 5.75 Å². The van der Waals surface area contributed by atoms with Crippen LogP contribution in [0.1, 0.15) is 44.2 Å². The molecule has 1 unspecified atom stereocenters. The third-order valence-electron chi connectivity index (χ3n) is 3.42. The van der Waals surface area contributed by atoms with E-state index in [4.69, 9.17) is 0 Å². The summed E-state index contributed by atoms with van der Waals surface area (Å²) in [5.41, 5.74) is 0.986. The Morgan fingerprint density at radius 3 is 2.67 bits per heavy atom. The van der Waals surface area contributed by atoms with E-state index in [0.29, 0.717) is 6.04 Å². The van der Waals surface area contributed by atoms with Crippen LogP contribution in [0.2, 0.25) is 0 Å². The lowest BCUT2D eigenvalue weighted by Crippen LogP contribution is -2.28. The van der Waals surface area contributed by atoms with Gasteiger partial charge in [0.2, 0.25) is 0 Å². The highest BCUT2D eigenvalue weighted by atomic mass is 19.3. The molecule has 0 amide bonds. The number of hydrogen-bond donors (Lipinski definition) is 1. The normalized spacial score (nSPS) is 18.2. The van der Waals surface area contributed by atoms with E-state index >= 15 is 0 Å². The molecule has 0 spiro atoms. The molecule has 1 aliphatic carbocycles. The number of rotatable bonds is 5. The van der Waals surface area contributed by atoms with E-state index in [9.17, 15) is 8.78 Å². The summed E-state index contributed by atoms with van der Waals surface area (Å²) in [6.07, 6.45) is 4.97. The molecular weight excluding hydrogens is 236 g/mol. The molecule has 1 aromatic rings. The number of hydrogen-bond acceptors (Lipinski definition) is 2. The molecule has 1 aliphatic rings. The molecule has 1 atom stereocenters. The molecule has 0 saturated heterocycles. The van der Waals surface area contributed by atoms with Gasteiger partial charge in [0.15, 0.2) is 0 Å². The summed E-state index contributed by atoms with van der Waals surface area (Å²) < 4.78 is 28.7. The molecule has 0 aliphatic heterocycles. The van der Waals surface area contributed by atoms with Gasteiger partial charge in [0.05, 0.1) is 0 Å². The highest BCUT2D eigenvalue weighted by Gasteiger charge is 2.18. The molecule has 0 bridgehead atoms. The van der Waals surface area contributed by atoms with Gasteiger partial charge in [-0.05, 0) is 37.5 Å².